The fourth-order valence-corrected chi connectivity index (χ4v) is 7.93. The van der Waals surface area contributed by atoms with Gasteiger partial charge in [0.25, 0.3) is 18.2 Å². The summed E-state index contributed by atoms with van der Waals surface area (Å²) >= 11 is 1.28. The first-order valence-corrected chi connectivity index (χ1v) is 16.4. The van der Waals surface area contributed by atoms with Gasteiger partial charge in [0.05, 0.1) is 12.4 Å². The molecule has 3 atom stereocenters. The number of hydrogen-bond acceptors (Lipinski definition) is 7. The number of halogens is 2. The minimum atomic E-state index is -2.77. The number of amides is 2. The molecule has 2 amide bonds. The van der Waals surface area contributed by atoms with Crippen molar-refractivity contribution in [1.29, 1.82) is 0 Å². The van der Waals surface area contributed by atoms with Gasteiger partial charge < -0.3 is 20.0 Å². The second-order valence-electron chi connectivity index (χ2n) is 12.1. The molecule has 0 aliphatic carbocycles. The summed E-state index contributed by atoms with van der Waals surface area (Å²) < 4.78 is 29.2. The zero-order chi connectivity index (χ0) is 30.4. The van der Waals surface area contributed by atoms with Crippen molar-refractivity contribution >= 4 is 34.6 Å². The molecule has 0 bridgehead atoms. The number of fused-ring (bicyclic) bond motifs is 2. The monoisotopic (exact) mass is 618 g/mol. The number of nitrogens with zero attached hydrogens (tertiary/aromatic N) is 5. The summed E-state index contributed by atoms with van der Waals surface area (Å²) in [5.41, 5.74) is 2.97. The highest BCUT2D eigenvalue weighted by atomic mass is 32.1. The molecular weight excluding hydrogens is 582 g/mol. The van der Waals surface area contributed by atoms with Crippen LogP contribution in [0.15, 0.2) is 53.0 Å². The van der Waals surface area contributed by atoms with Crippen LogP contribution in [-0.4, -0.2) is 82.1 Å². The van der Waals surface area contributed by atoms with Gasteiger partial charge >= 0.3 is 0 Å². The number of nitrogens with one attached hydrogen (secondary N) is 1. The largest absolute Gasteiger partial charge is 0.358 e. The molecule has 8 nitrogen and oxygen atoms in total. The Morgan fingerprint density at radius 3 is 2.59 bits per heavy atom. The summed E-state index contributed by atoms with van der Waals surface area (Å²) in [5.74, 6) is -0.342. The lowest BCUT2D eigenvalue weighted by atomic mass is 9.88. The fraction of sp³-hybridized carbons (Fsp3) is 0.455. The van der Waals surface area contributed by atoms with Crippen LogP contribution in [-0.2, 0) is 11.3 Å². The Morgan fingerprint density at radius 2 is 1.89 bits per heavy atom. The van der Waals surface area contributed by atoms with Gasteiger partial charge in [-0.15, -0.1) is 11.3 Å². The third-order valence-corrected chi connectivity index (χ3v) is 10.5. The summed E-state index contributed by atoms with van der Waals surface area (Å²) in [6.07, 6.45) is 4.62. The number of piperidine rings is 1. The van der Waals surface area contributed by atoms with Gasteiger partial charge in [0, 0.05) is 35.8 Å². The summed E-state index contributed by atoms with van der Waals surface area (Å²) in [5, 5.41) is 5.02. The summed E-state index contributed by atoms with van der Waals surface area (Å²) in [6.45, 7) is 6.19. The molecule has 7 rings (SSSR count). The maximum atomic E-state index is 14.6. The van der Waals surface area contributed by atoms with Crippen molar-refractivity contribution in [3.8, 4) is 11.1 Å². The Labute approximate surface area is 259 Å². The van der Waals surface area contributed by atoms with Gasteiger partial charge in [-0.3, -0.25) is 14.6 Å². The predicted octanol–water partition coefficient (Wildman–Crippen LogP) is 5.79. The van der Waals surface area contributed by atoms with Gasteiger partial charge in [0.1, 0.15) is 12.1 Å². The van der Waals surface area contributed by atoms with Crippen LogP contribution in [0.2, 0.25) is 0 Å². The van der Waals surface area contributed by atoms with Gasteiger partial charge in [-0.05, 0) is 85.6 Å². The first kappa shape index (κ1) is 29.0. The highest BCUT2D eigenvalue weighted by Crippen LogP contribution is 2.40. The topological polar surface area (TPSA) is 81.1 Å². The SMILES string of the molecule is CCN1CCC(c2ccc(-c3cc4c(c(C(F)F)c3)CN(C(C(=O)Nc3nccs3)C3N=CN5CCCC35)C4=O)cc2)CC1. The molecule has 0 radical (unpaired) electrons. The lowest BCUT2D eigenvalue weighted by Gasteiger charge is -2.33. The van der Waals surface area contributed by atoms with Crippen molar-refractivity contribution in [2.75, 3.05) is 31.5 Å². The fourth-order valence-electron chi connectivity index (χ4n) is 7.40. The third kappa shape index (κ3) is 5.30. The summed E-state index contributed by atoms with van der Waals surface area (Å²) in [6, 6.07) is 9.88. The molecule has 4 aliphatic heterocycles. The van der Waals surface area contributed by atoms with Gasteiger partial charge in [0.15, 0.2) is 5.13 Å². The minimum Gasteiger partial charge on any atom is -0.358 e. The molecule has 2 aromatic carbocycles. The molecule has 2 saturated heterocycles. The number of aliphatic imine (C=N–C) groups is 1. The smallest absolute Gasteiger partial charge is 0.264 e. The van der Waals surface area contributed by atoms with E-state index in [4.69, 9.17) is 0 Å². The number of carbonyl (C=O) groups is 2. The molecule has 5 heterocycles. The zero-order valence-corrected chi connectivity index (χ0v) is 25.5. The molecule has 2 fully saturated rings. The molecule has 0 saturated carbocycles. The first-order valence-electron chi connectivity index (χ1n) is 15.5. The Balaban J connectivity index is 1.19. The average Bonchev–Trinajstić information content (AvgIpc) is 3.85. The number of hydrogen-bond donors (Lipinski definition) is 1. The first-order chi connectivity index (χ1) is 21.4. The molecule has 230 valence electrons. The van der Waals surface area contributed by atoms with Crippen LogP contribution in [0, 0.1) is 0 Å². The van der Waals surface area contributed by atoms with Crippen molar-refractivity contribution in [2.45, 2.75) is 69.6 Å². The van der Waals surface area contributed by atoms with Crippen molar-refractivity contribution in [1.82, 2.24) is 19.7 Å². The second-order valence-corrected chi connectivity index (χ2v) is 13.0. The number of aromatic nitrogens is 1. The number of likely N-dealkylation sites (tertiary alicyclic amines) is 1. The van der Waals surface area contributed by atoms with E-state index in [2.05, 4.69) is 44.1 Å². The number of anilines is 1. The van der Waals surface area contributed by atoms with Crippen molar-refractivity contribution in [3.63, 3.8) is 0 Å². The van der Waals surface area contributed by atoms with Crippen LogP contribution in [0.5, 0.6) is 0 Å². The van der Waals surface area contributed by atoms with E-state index in [-0.39, 0.29) is 29.3 Å². The maximum absolute atomic E-state index is 14.6. The normalized spacial score (nSPS) is 22.6. The van der Waals surface area contributed by atoms with Crippen LogP contribution in [0.3, 0.4) is 0 Å². The third-order valence-electron chi connectivity index (χ3n) is 9.80. The van der Waals surface area contributed by atoms with Crippen LogP contribution in [0.25, 0.3) is 11.1 Å². The zero-order valence-electron chi connectivity index (χ0n) is 24.7. The highest BCUT2D eigenvalue weighted by Gasteiger charge is 2.48. The lowest BCUT2D eigenvalue weighted by molar-refractivity contribution is -0.121. The van der Waals surface area contributed by atoms with E-state index >= 15 is 0 Å². The minimum absolute atomic E-state index is 0.0172. The van der Waals surface area contributed by atoms with E-state index in [1.54, 1.807) is 24.0 Å². The van der Waals surface area contributed by atoms with Gasteiger partial charge in [-0.2, -0.15) is 0 Å². The average molecular weight is 619 g/mol. The van der Waals surface area contributed by atoms with Gasteiger partial charge in [-0.25, -0.2) is 13.8 Å². The van der Waals surface area contributed by atoms with E-state index in [0.717, 1.165) is 57.4 Å². The van der Waals surface area contributed by atoms with Crippen molar-refractivity contribution in [2.24, 2.45) is 4.99 Å². The molecule has 0 spiro atoms. The molecular formula is C33H36F2N6O2S. The van der Waals surface area contributed by atoms with Crippen LogP contribution in [0.1, 0.15) is 72.0 Å². The molecule has 4 aliphatic rings. The Hall–Kier alpha value is -3.70. The van der Waals surface area contributed by atoms with Crippen molar-refractivity contribution < 1.29 is 18.4 Å². The molecule has 1 aromatic heterocycles. The highest BCUT2D eigenvalue weighted by molar-refractivity contribution is 7.13. The van der Waals surface area contributed by atoms with Gasteiger partial charge in [0.2, 0.25) is 0 Å². The molecule has 11 heteroatoms. The molecule has 44 heavy (non-hydrogen) atoms. The van der Waals surface area contributed by atoms with Crippen LogP contribution in [0.4, 0.5) is 13.9 Å². The predicted molar refractivity (Wildman–Crippen MR) is 167 cm³/mol. The molecule has 1 N–H and O–H groups in total. The Morgan fingerprint density at radius 1 is 1.09 bits per heavy atom. The number of thiazole rings is 1. The quantitative estimate of drug-likeness (QED) is 0.346. The number of rotatable bonds is 8. The van der Waals surface area contributed by atoms with E-state index in [0.29, 0.717) is 16.6 Å². The Bertz CT molecular complexity index is 1550. The van der Waals surface area contributed by atoms with E-state index in [1.807, 2.05) is 12.1 Å². The molecule has 3 unspecified atom stereocenters. The van der Waals surface area contributed by atoms with E-state index < -0.39 is 30.3 Å². The van der Waals surface area contributed by atoms with Gasteiger partial charge in [-0.1, -0.05) is 31.2 Å². The summed E-state index contributed by atoms with van der Waals surface area (Å²) in [7, 11) is 0. The second kappa shape index (κ2) is 12.0. The molecule has 3 aromatic rings. The van der Waals surface area contributed by atoms with Crippen LogP contribution < -0.4 is 5.32 Å². The Kier molecular flexibility index (Phi) is 7.92. The van der Waals surface area contributed by atoms with Crippen molar-refractivity contribution in [3.05, 3.63) is 70.2 Å². The number of carbonyl (C=O) groups excluding carboxylic acids is 2. The number of alkyl halides is 2. The standard InChI is InChI=1S/C33H36F2N6O2S/c1-2-39-13-9-22(10-14-39)20-5-7-21(8-6-20)23-16-24(30(34)35)26-18-41(32(43)25(26)17-23)29(31(42)38-33-36-11-15-44-33)28-27-4-3-12-40(27)19-37-28/h5-8,11,15-17,19,22,27-30H,2-4,9-10,12-14,18H2,1H3,(H,36,38,42). The van der Waals surface area contributed by atoms with Crippen LogP contribution >= 0.6 is 11.3 Å². The summed E-state index contributed by atoms with van der Waals surface area (Å²) in [4.78, 5) is 42.7. The van der Waals surface area contributed by atoms with E-state index in [1.165, 1.54) is 27.9 Å². The van der Waals surface area contributed by atoms with E-state index in [9.17, 15) is 18.4 Å². The number of benzene rings is 2. The lowest BCUT2D eigenvalue weighted by Crippen LogP contribution is -2.54. The maximum Gasteiger partial charge on any atom is 0.264 e.